The molecule has 2 heterocycles. The Morgan fingerprint density at radius 1 is 0.931 bits per heavy atom. The molecule has 0 N–H and O–H groups in total. The first-order valence-electron chi connectivity index (χ1n) is 9.17. The van der Waals surface area contributed by atoms with Crippen LogP contribution >= 0.6 is 0 Å². The molecule has 0 bridgehead atoms. The van der Waals surface area contributed by atoms with Gasteiger partial charge in [-0.3, -0.25) is 4.57 Å². The molecule has 8 heteroatoms. The zero-order valence-electron chi connectivity index (χ0n) is 15.4. The van der Waals surface area contributed by atoms with Gasteiger partial charge in [-0.15, -0.1) is 0 Å². The molecule has 1 aromatic heterocycles. The van der Waals surface area contributed by atoms with Crippen molar-refractivity contribution in [2.75, 3.05) is 11.4 Å². The minimum atomic E-state index is -0.963. The number of aromatic nitrogens is 2. The van der Waals surface area contributed by atoms with Gasteiger partial charge < -0.3 is 9.64 Å². The molecule has 0 spiro atoms. The molecule has 0 atom stereocenters. The molecule has 4 rings (SSSR count). The molecular formula is C21H18F3N3O2. The first-order chi connectivity index (χ1) is 14.0. The van der Waals surface area contributed by atoms with Crippen molar-refractivity contribution in [3.63, 3.8) is 0 Å². The van der Waals surface area contributed by atoms with Crippen LogP contribution in [-0.4, -0.2) is 16.1 Å². The summed E-state index contributed by atoms with van der Waals surface area (Å²) in [6, 6.07) is 11.3. The lowest BCUT2D eigenvalue weighted by Gasteiger charge is -2.32. The summed E-state index contributed by atoms with van der Waals surface area (Å²) in [5.74, 6) is -1.44. The SMILES string of the molecule is O=c1nc(OCc2ccc(F)c(F)c2)cc2n1CCCN2Cc1ccc(F)cc1. The zero-order valence-corrected chi connectivity index (χ0v) is 15.4. The van der Waals surface area contributed by atoms with Crippen molar-refractivity contribution >= 4 is 5.82 Å². The molecule has 3 aromatic rings. The Kier molecular flexibility index (Phi) is 5.24. The molecule has 5 nitrogen and oxygen atoms in total. The largest absolute Gasteiger partial charge is 0.473 e. The lowest BCUT2D eigenvalue weighted by Crippen LogP contribution is -2.38. The van der Waals surface area contributed by atoms with E-state index in [1.54, 1.807) is 22.8 Å². The van der Waals surface area contributed by atoms with Gasteiger partial charge in [0.25, 0.3) is 0 Å². The standard InChI is InChI=1S/C21H18F3N3O2/c22-16-5-2-14(3-6-16)12-26-8-1-9-27-20(26)11-19(25-21(27)28)29-13-15-4-7-17(23)18(24)10-15/h2-7,10-11H,1,8-9,12-13H2. The van der Waals surface area contributed by atoms with E-state index in [1.165, 1.54) is 18.2 Å². The van der Waals surface area contributed by atoms with E-state index < -0.39 is 17.3 Å². The average Bonchev–Trinajstić information content (AvgIpc) is 2.71. The molecule has 150 valence electrons. The number of halogens is 3. The third kappa shape index (κ3) is 4.26. The van der Waals surface area contributed by atoms with Gasteiger partial charge in [-0.05, 0) is 41.8 Å². The molecule has 0 saturated carbocycles. The Morgan fingerprint density at radius 3 is 2.45 bits per heavy atom. The van der Waals surface area contributed by atoms with E-state index in [1.807, 2.05) is 4.90 Å². The summed E-state index contributed by atoms with van der Waals surface area (Å²) in [7, 11) is 0. The van der Waals surface area contributed by atoms with Crippen LogP contribution in [0.15, 0.2) is 53.3 Å². The Morgan fingerprint density at radius 2 is 1.69 bits per heavy atom. The maximum Gasteiger partial charge on any atom is 0.352 e. The average molecular weight is 401 g/mol. The van der Waals surface area contributed by atoms with Gasteiger partial charge in [-0.2, -0.15) is 4.98 Å². The summed E-state index contributed by atoms with van der Waals surface area (Å²) < 4.78 is 46.7. The van der Waals surface area contributed by atoms with Gasteiger partial charge in [0.05, 0.1) is 0 Å². The number of hydrogen-bond acceptors (Lipinski definition) is 4. The first-order valence-corrected chi connectivity index (χ1v) is 9.17. The molecular weight excluding hydrogens is 383 g/mol. The Hall–Kier alpha value is -3.29. The maximum atomic E-state index is 13.3. The summed E-state index contributed by atoms with van der Waals surface area (Å²) in [4.78, 5) is 18.4. The van der Waals surface area contributed by atoms with Gasteiger partial charge in [0.1, 0.15) is 18.2 Å². The quantitative estimate of drug-likeness (QED) is 0.655. The second-order valence-electron chi connectivity index (χ2n) is 6.83. The maximum absolute atomic E-state index is 13.3. The predicted molar refractivity (Wildman–Crippen MR) is 101 cm³/mol. The van der Waals surface area contributed by atoms with E-state index in [0.717, 1.165) is 30.7 Å². The first kappa shape index (κ1) is 19.0. The molecule has 0 fully saturated rings. The molecule has 0 aliphatic carbocycles. The van der Waals surface area contributed by atoms with E-state index in [4.69, 9.17) is 4.74 Å². The van der Waals surface area contributed by atoms with E-state index in [0.29, 0.717) is 24.5 Å². The topological polar surface area (TPSA) is 47.4 Å². The number of rotatable bonds is 5. The summed E-state index contributed by atoms with van der Waals surface area (Å²) in [5.41, 5.74) is 0.895. The van der Waals surface area contributed by atoms with Crippen LogP contribution in [0.25, 0.3) is 0 Å². The highest BCUT2D eigenvalue weighted by Gasteiger charge is 2.20. The van der Waals surface area contributed by atoms with Crippen molar-refractivity contribution in [3.05, 3.63) is 87.6 Å². The number of anilines is 1. The third-order valence-corrected chi connectivity index (χ3v) is 4.76. The lowest BCUT2D eigenvalue weighted by atomic mass is 10.2. The number of ether oxygens (including phenoxy) is 1. The summed E-state index contributed by atoms with van der Waals surface area (Å²) in [5, 5.41) is 0. The van der Waals surface area contributed by atoms with E-state index >= 15 is 0 Å². The van der Waals surface area contributed by atoms with Crippen LogP contribution in [0.4, 0.5) is 19.0 Å². The van der Waals surface area contributed by atoms with Crippen LogP contribution < -0.4 is 15.3 Å². The number of benzene rings is 2. The molecule has 1 aliphatic rings. The molecule has 0 radical (unpaired) electrons. The molecule has 29 heavy (non-hydrogen) atoms. The monoisotopic (exact) mass is 401 g/mol. The van der Waals surface area contributed by atoms with Gasteiger partial charge in [0, 0.05) is 25.7 Å². The van der Waals surface area contributed by atoms with Crippen molar-refractivity contribution < 1.29 is 17.9 Å². The Bertz CT molecular complexity index is 1080. The van der Waals surface area contributed by atoms with Crippen LogP contribution in [0, 0.1) is 17.5 Å². The normalized spacial score (nSPS) is 13.3. The molecule has 0 saturated heterocycles. The Balaban J connectivity index is 1.56. The summed E-state index contributed by atoms with van der Waals surface area (Å²) >= 11 is 0. The van der Waals surface area contributed by atoms with Crippen molar-refractivity contribution in [3.8, 4) is 5.88 Å². The fraction of sp³-hybridized carbons (Fsp3) is 0.238. The fourth-order valence-corrected chi connectivity index (χ4v) is 3.31. The smallest absolute Gasteiger partial charge is 0.352 e. The fourth-order valence-electron chi connectivity index (χ4n) is 3.31. The highest BCUT2D eigenvalue weighted by Crippen LogP contribution is 2.24. The van der Waals surface area contributed by atoms with Gasteiger partial charge in [0.15, 0.2) is 11.6 Å². The number of fused-ring (bicyclic) bond motifs is 1. The Labute approximate surface area is 165 Å². The lowest BCUT2D eigenvalue weighted by molar-refractivity contribution is 0.289. The zero-order chi connectivity index (χ0) is 20.4. The highest BCUT2D eigenvalue weighted by atomic mass is 19.2. The van der Waals surface area contributed by atoms with Crippen molar-refractivity contribution in [1.82, 2.24) is 9.55 Å². The van der Waals surface area contributed by atoms with Gasteiger partial charge in [-0.1, -0.05) is 18.2 Å². The predicted octanol–water partition coefficient (Wildman–Crippen LogP) is 3.65. The number of hydrogen-bond donors (Lipinski definition) is 0. The van der Waals surface area contributed by atoms with Crippen LogP contribution in [0.2, 0.25) is 0 Å². The van der Waals surface area contributed by atoms with Crippen molar-refractivity contribution in [2.24, 2.45) is 0 Å². The van der Waals surface area contributed by atoms with Crippen LogP contribution in [0.5, 0.6) is 5.88 Å². The highest BCUT2D eigenvalue weighted by molar-refractivity contribution is 5.44. The van der Waals surface area contributed by atoms with Gasteiger partial charge in [0.2, 0.25) is 5.88 Å². The van der Waals surface area contributed by atoms with E-state index in [9.17, 15) is 18.0 Å². The van der Waals surface area contributed by atoms with Crippen LogP contribution in [0.1, 0.15) is 17.5 Å². The second kappa shape index (κ2) is 7.98. The second-order valence-corrected chi connectivity index (χ2v) is 6.83. The minimum Gasteiger partial charge on any atom is -0.473 e. The van der Waals surface area contributed by atoms with E-state index in [2.05, 4.69) is 4.98 Å². The summed E-state index contributed by atoms with van der Waals surface area (Å²) in [6.07, 6.45) is 0.783. The molecule has 0 unspecified atom stereocenters. The number of nitrogens with zero attached hydrogens (tertiary/aromatic N) is 3. The van der Waals surface area contributed by atoms with Gasteiger partial charge in [-0.25, -0.2) is 18.0 Å². The molecule has 0 amide bonds. The van der Waals surface area contributed by atoms with Crippen molar-refractivity contribution in [2.45, 2.75) is 26.1 Å². The third-order valence-electron chi connectivity index (χ3n) is 4.76. The van der Waals surface area contributed by atoms with Crippen molar-refractivity contribution in [1.29, 1.82) is 0 Å². The van der Waals surface area contributed by atoms with Crippen LogP contribution in [0.3, 0.4) is 0 Å². The summed E-state index contributed by atoms with van der Waals surface area (Å²) in [6.45, 7) is 1.73. The molecule has 1 aliphatic heterocycles. The van der Waals surface area contributed by atoms with E-state index in [-0.39, 0.29) is 18.3 Å². The molecule has 2 aromatic carbocycles. The minimum absolute atomic E-state index is 0.0505. The van der Waals surface area contributed by atoms with Crippen LogP contribution in [-0.2, 0) is 19.7 Å². The van der Waals surface area contributed by atoms with Gasteiger partial charge >= 0.3 is 5.69 Å².